The van der Waals surface area contributed by atoms with E-state index in [-0.39, 0.29) is 0 Å². The molecule has 134 valence electrons. The summed E-state index contributed by atoms with van der Waals surface area (Å²) in [6.45, 7) is 4.14. The molecule has 0 bridgehead atoms. The van der Waals surface area contributed by atoms with Crippen LogP contribution in [0.5, 0.6) is 11.5 Å². The molecule has 0 amide bonds. The van der Waals surface area contributed by atoms with Crippen molar-refractivity contribution in [3.63, 3.8) is 0 Å². The summed E-state index contributed by atoms with van der Waals surface area (Å²) in [6.07, 6.45) is 1.71. The first-order valence-corrected chi connectivity index (χ1v) is 8.25. The summed E-state index contributed by atoms with van der Waals surface area (Å²) in [5.74, 6) is 2.52. The van der Waals surface area contributed by atoms with E-state index < -0.39 is 0 Å². The van der Waals surface area contributed by atoms with Crippen molar-refractivity contribution in [1.82, 2.24) is 9.97 Å². The standard InChI is InChI=1S/C20H22N4O2/c1-13-9-14(2)11-16(10-13)22-19-7-8-21-20(24-19)23-15-5-6-17(25-3)18(12-15)26-4/h5-12H,1-4H3,(H2,21,22,23,24). The summed E-state index contributed by atoms with van der Waals surface area (Å²) in [4.78, 5) is 8.79. The minimum absolute atomic E-state index is 0.492. The zero-order valence-corrected chi connectivity index (χ0v) is 15.3. The normalized spacial score (nSPS) is 10.3. The molecule has 2 N–H and O–H groups in total. The highest BCUT2D eigenvalue weighted by atomic mass is 16.5. The van der Waals surface area contributed by atoms with Crippen LogP contribution in [-0.2, 0) is 0 Å². The summed E-state index contributed by atoms with van der Waals surface area (Å²) in [6, 6.07) is 13.7. The van der Waals surface area contributed by atoms with Gasteiger partial charge in [0.25, 0.3) is 0 Å². The molecule has 0 radical (unpaired) electrons. The van der Waals surface area contributed by atoms with Crippen molar-refractivity contribution in [3.05, 3.63) is 59.8 Å². The molecule has 6 heteroatoms. The highest BCUT2D eigenvalue weighted by Crippen LogP contribution is 2.30. The largest absolute Gasteiger partial charge is 0.493 e. The number of aromatic nitrogens is 2. The lowest BCUT2D eigenvalue weighted by Gasteiger charge is -2.12. The second-order valence-electron chi connectivity index (χ2n) is 5.96. The highest BCUT2D eigenvalue weighted by molar-refractivity contribution is 5.62. The summed E-state index contributed by atoms with van der Waals surface area (Å²) in [5, 5.41) is 6.50. The van der Waals surface area contributed by atoms with Gasteiger partial charge in [-0.05, 0) is 55.3 Å². The number of nitrogens with zero attached hydrogens (tertiary/aromatic N) is 2. The van der Waals surface area contributed by atoms with E-state index >= 15 is 0 Å². The van der Waals surface area contributed by atoms with E-state index in [2.05, 4.69) is 52.6 Å². The van der Waals surface area contributed by atoms with Crippen molar-refractivity contribution in [2.75, 3.05) is 24.9 Å². The van der Waals surface area contributed by atoms with Gasteiger partial charge in [-0.3, -0.25) is 0 Å². The number of anilines is 4. The van der Waals surface area contributed by atoms with Crippen LogP contribution in [0.25, 0.3) is 0 Å². The molecule has 6 nitrogen and oxygen atoms in total. The van der Waals surface area contributed by atoms with Crippen molar-refractivity contribution in [3.8, 4) is 11.5 Å². The van der Waals surface area contributed by atoms with E-state index in [9.17, 15) is 0 Å². The van der Waals surface area contributed by atoms with E-state index in [1.807, 2.05) is 24.3 Å². The average molecular weight is 350 g/mol. The average Bonchev–Trinajstić information content (AvgIpc) is 2.61. The number of ether oxygens (including phenoxy) is 2. The van der Waals surface area contributed by atoms with Crippen LogP contribution < -0.4 is 20.1 Å². The molecule has 0 fully saturated rings. The first-order chi connectivity index (χ1) is 12.6. The molecule has 0 aliphatic carbocycles. The molecular weight excluding hydrogens is 328 g/mol. The van der Waals surface area contributed by atoms with Crippen molar-refractivity contribution in [2.45, 2.75) is 13.8 Å². The fourth-order valence-corrected chi connectivity index (χ4v) is 2.73. The first kappa shape index (κ1) is 17.5. The SMILES string of the molecule is COc1ccc(Nc2nccc(Nc3cc(C)cc(C)c3)n2)cc1OC. The lowest BCUT2D eigenvalue weighted by molar-refractivity contribution is 0.355. The molecular formula is C20H22N4O2. The molecule has 0 aliphatic heterocycles. The van der Waals surface area contributed by atoms with E-state index in [4.69, 9.17) is 9.47 Å². The van der Waals surface area contributed by atoms with Crippen LogP contribution in [0.15, 0.2) is 48.7 Å². The van der Waals surface area contributed by atoms with Gasteiger partial charge in [-0.25, -0.2) is 4.98 Å². The third kappa shape index (κ3) is 4.22. The second kappa shape index (κ2) is 7.74. The molecule has 2 aromatic carbocycles. The topological polar surface area (TPSA) is 68.3 Å². The predicted octanol–water partition coefficient (Wildman–Crippen LogP) is 4.60. The molecule has 0 saturated carbocycles. The van der Waals surface area contributed by atoms with Crippen molar-refractivity contribution < 1.29 is 9.47 Å². The van der Waals surface area contributed by atoms with Gasteiger partial charge in [0, 0.05) is 23.6 Å². The maximum absolute atomic E-state index is 5.32. The maximum Gasteiger partial charge on any atom is 0.229 e. The number of methoxy groups -OCH3 is 2. The van der Waals surface area contributed by atoms with Gasteiger partial charge in [-0.2, -0.15) is 4.98 Å². The van der Waals surface area contributed by atoms with Crippen molar-refractivity contribution >= 4 is 23.1 Å². The minimum atomic E-state index is 0.492. The van der Waals surface area contributed by atoms with Gasteiger partial charge in [0.2, 0.25) is 5.95 Å². The Kier molecular flexibility index (Phi) is 5.22. The van der Waals surface area contributed by atoms with Crippen LogP contribution >= 0.6 is 0 Å². The summed E-state index contributed by atoms with van der Waals surface area (Å²) < 4.78 is 10.6. The molecule has 1 heterocycles. The molecule has 3 rings (SSSR count). The first-order valence-electron chi connectivity index (χ1n) is 8.25. The van der Waals surface area contributed by atoms with Gasteiger partial charge in [0.1, 0.15) is 5.82 Å². The van der Waals surface area contributed by atoms with Gasteiger partial charge in [-0.1, -0.05) is 6.07 Å². The maximum atomic E-state index is 5.32. The van der Waals surface area contributed by atoms with E-state index in [1.54, 1.807) is 20.4 Å². The Labute approximate surface area is 153 Å². The zero-order valence-electron chi connectivity index (χ0n) is 15.3. The number of hydrogen-bond donors (Lipinski definition) is 2. The van der Waals surface area contributed by atoms with E-state index in [0.717, 1.165) is 11.4 Å². The molecule has 0 saturated heterocycles. The smallest absolute Gasteiger partial charge is 0.229 e. The predicted molar refractivity (Wildman–Crippen MR) is 104 cm³/mol. The van der Waals surface area contributed by atoms with Gasteiger partial charge in [0.05, 0.1) is 14.2 Å². The van der Waals surface area contributed by atoms with Crippen LogP contribution in [0.1, 0.15) is 11.1 Å². The molecule has 0 spiro atoms. The fourth-order valence-electron chi connectivity index (χ4n) is 2.73. The van der Waals surface area contributed by atoms with Gasteiger partial charge in [0.15, 0.2) is 11.5 Å². The third-order valence-corrected chi connectivity index (χ3v) is 3.79. The van der Waals surface area contributed by atoms with E-state index in [0.29, 0.717) is 23.3 Å². The van der Waals surface area contributed by atoms with Crippen LogP contribution in [0.4, 0.5) is 23.1 Å². The monoisotopic (exact) mass is 350 g/mol. The molecule has 1 aromatic heterocycles. The molecule has 0 aliphatic rings. The second-order valence-corrected chi connectivity index (χ2v) is 5.96. The number of aryl methyl sites for hydroxylation is 2. The van der Waals surface area contributed by atoms with Gasteiger partial charge < -0.3 is 20.1 Å². The fraction of sp³-hybridized carbons (Fsp3) is 0.200. The summed E-state index contributed by atoms with van der Waals surface area (Å²) >= 11 is 0. The number of hydrogen-bond acceptors (Lipinski definition) is 6. The Hall–Kier alpha value is -3.28. The summed E-state index contributed by atoms with van der Waals surface area (Å²) in [7, 11) is 3.21. The zero-order chi connectivity index (χ0) is 18.5. The Morgan fingerprint density at radius 2 is 1.50 bits per heavy atom. The highest BCUT2D eigenvalue weighted by Gasteiger charge is 2.06. The Morgan fingerprint density at radius 3 is 2.19 bits per heavy atom. The lowest BCUT2D eigenvalue weighted by Crippen LogP contribution is -2.01. The number of benzene rings is 2. The quantitative estimate of drug-likeness (QED) is 0.677. The molecule has 26 heavy (non-hydrogen) atoms. The van der Waals surface area contributed by atoms with Crippen LogP contribution in [0, 0.1) is 13.8 Å². The summed E-state index contributed by atoms with van der Waals surface area (Å²) in [5.41, 5.74) is 4.21. The van der Waals surface area contributed by atoms with Gasteiger partial charge in [-0.15, -0.1) is 0 Å². The Balaban J connectivity index is 1.79. The van der Waals surface area contributed by atoms with Gasteiger partial charge >= 0.3 is 0 Å². The van der Waals surface area contributed by atoms with Crippen molar-refractivity contribution in [2.24, 2.45) is 0 Å². The molecule has 0 atom stereocenters. The minimum Gasteiger partial charge on any atom is -0.493 e. The van der Waals surface area contributed by atoms with Crippen LogP contribution in [-0.4, -0.2) is 24.2 Å². The van der Waals surface area contributed by atoms with Crippen molar-refractivity contribution in [1.29, 1.82) is 0 Å². The number of rotatable bonds is 6. The molecule has 0 unspecified atom stereocenters. The van der Waals surface area contributed by atoms with E-state index in [1.165, 1.54) is 11.1 Å². The third-order valence-electron chi connectivity index (χ3n) is 3.79. The Bertz CT molecular complexity index is 892. The number of nitrogens with one attached hydrogen (secondary N) is 2. The Morgan fingerprint density at radius 1 is 0.769 bits per heavy atom. The van der Waals surface area contributed by atoms with Crippen LogP contribution in [0.3, 0.4) is 0 Å². The lowest BCUT2D eigenvalue weighted by atomic mass is 10.1. The molecule has 3 aromatic rings. The van der Waals surface area contributed by atoms with Crippen LogP contribution in [0.2, 0.25) is 0 Å².